The lowest BCUT2D eigenvalue weighted by Gasteiger charge is -2.21. The monoisotopic (exact) mass is 282 g/mol. The van der Waals surface area contributed by atoms with Crippen LogP contribution in [0.5, 0.6) is 0 Å². The standard InChI is InChI=1S/C13H19BrN2/c1-13(2)6-7-16(9-13)8-10-11(14)4-3-5-12(10)15/h3-5H,6-9,15H2,1-2H3. The highest BCUT2D eigenvalue weighted by Crippen LogP contribution is 2.32. The van der Waals surface area contributed by atoms with E-state index in [2.05, 4.69) is 40.7 Å². The first-order chi connectivity index (χ1) is 7.48. The largest absolute Gasteiger partial charge is 0.398 e. The summed E-state index contributed by atoms with van der Waals surface area (Å²) in [5, 5.41) is 0. The van der Waals surface area contributed by atoms with Crippen LogP contribution in [0.2, 0.25) is 0 Å². The van der Waals surface area contributed by atoms with Crippen molar-refractivity contribution in [3.63, 3.8) is 0 Å². The average Bonchev–Trinajstić information content (AvgIpc) is 2.52. The van der Waals surface area contributed by atoms with E-state index in [9.17, 15) is 0 Å². The fourth-order valence-corrected chi connectivity index (χ4v) is 2.83. The van der Waals surface area contributed by atoms with E-state index >= 15 is 0 Å². The van der Waals surface area contributed by atoms with Gasteiger partial charge in [0.2, 0.25) is 0 Å². The number of benzene rings is 1. The van der Waals surface area contributed by atoms with Gasteiger partial charge in [0.1, 0.15) is 0 Å². The first-order valence-electron chi connectivity index (χ1n) is 5.73. The molecule has 1 aromatic carbocycles. The van der Waals surface area contributed by atoms with Crippen molar-refractivity contribution in [2.24, 2.45) is 5.41 Å². The number of hydrogen-bond donors (Lipinski definition) is 1. The molecule has 88 valence electrons. The third-order valence-electron chi connectivity index (χ3n) is 3.29. The minimum Gasteiger partial charge on any atom is -0.398 e. The van der Waals surface area contributed by atoms with Crippen molar-refractivity contribution >= 4 is 21.6 Å². The van der Waals surface area contributed by atoms with Gasteiger partial charge in [0, 0.05) is 28.8 Å². The number of anilines is 1. The Labute approximate surface area is 106 Å². The molecule has 3 heteroatoms. The molecule has 0 saturated carbocycles. The maximum absolute atomic E-state index is 6.01. The third kappa shape index (κ3) is 2.58. The molecule has 2 N–H and O–H groups in total. The smallest absolute Gasteiger partial charge is 0.0371 e. The lowest BCUT2D eigenvalue weighted by atomic mass is 9.93. The molecule has 0 spiro atoms. The van der Waals surface area contributed by atoms with E-state index in [1.165, 1.54) is 18.5 Å². The highest BCUT2D eigenvalue weighted by Gasteiger charge is 2.29. The van der Waals surface area contributed by atoms with Crippen LogP contribution in [0.25, 0.3) is 0 Å². The molecule has 0 aromatic heterocycles. The van der Waals surface area contributed by atoms with Gasteiger partial charge in [-0.2, -0.15) is 0 Å². The zero-order chi connectivity index (χ0) is 11.8. The molecule has 0 amide bonds. The van der Waals surface area contributed by atoms with Crippen molar-refractivity contribution in [3.8, 4) is 0 Å². The molecule has 1 aliphatic rings. The van der Waals surface area contributed by atoms with Crippen LogP contribution in [0.1, 0.15) is 25.8 Å². The van der Waals surface area contributed by atoms with Crippen LogP contribution >= 0.6 is 15.9 Å². The summed E-state index contributed by atoms with van der Waals surface area (Å²) in [7, 11) is 0. The molecule has 0 radical (unpaired) electrons. The van der Waals surface area contributed by atoms with E-state index in [4.69, 9.17) is 5.73 Å². The molecule has 1 saturated heterocycles. The minimum absolute atomic E-state index is 0.454. The molecular weight excluding hydrogens is 264 g/mol. The molecule has 0 atom stereocenters. The predicted molar refractivity (Wildman–Crippen MR) is 72.2 cm³/mol. The number of hydrogen-bond acceptors (Lipinski definition) is 2. The summed E-state index contributed by atoms with van der Waals surface area (Å²) in [6.07, 6.45) is 1.28. The summed E-state index contributed by atoms with van der Waals surface area (Å²) in [6.45, 7) is 7.95. The van der Waals surface area contributed by atoms with Gasteiger partial charge in [-0.05, 0) is 30.5 Å². The van der Waals surface area contributed by atoms with Crippen LogP contribution in [0.15, 0.2) is 22.7 Å². The fourth-order valence-electron chi connectivity index (χ4n) is 2.32. The van der Waals surface area contributed by atoms with E-state index in [0.29, 0.717) is 5.41 Å². The Kier molecular flexibility index (Phi) is 3.27. The predicted octanol–water partition coefficient (Wildman–Crippen LogP) is 3.26. The molecule has 0 unspecified atom stereocenters. The molecule has 2 nitrogen and oxygen atoms in total. The van der Waals surface area contributed by atoms with Crippen molar-refractivity contribution in [2.75, 3.05) is 18.8 Å². The highest BCUT2D eigenvalue weighted by molar-refractivity contribution is 9.10. The molecule has 2 rings (SSSR count). The van der Waals surface area contributed by atoms with Gasteiger partial charge in [0.05, 0.1) is 0 Å². The maximum atomic E-state index is 6.01. The van der Waals surface area contributed by atoms with Crippen molar-refractivity contribution < 1.29 is 0 Å². The van der Waals surface area contributed by atoms with E-state index < -0.39 is 0 Å². The normalized spacial score (nSPS) is 20.2. The maximum Gasteiger partial charge on any atom is 0.0371 e. The molecule has 16 heavy (non-hydrogen) atoms. The fraction of sp³-hybridized carbons (Fsp3) is 0.538. The van der Waals surface area contributed by atoms with Crippen molar-refractivity contribution in [1.82, 2.24) is 4.90 Å². The summed E-state index contributed by atoms with van der Waals surface area (Å²) in [6, 6.07) is 6.02. The van der Waals surface area contributed by atoms with Gasteiger partial charge in [0.15, 0.2) is 0 Å². The zero-order valence-electron chi connectivity index (χ0n) is 9.96. The van der Waals surface area contributed by atoms with Crippen molar-refractivity contribution in [2.45, 2.75) is 26.8 Å². The van der Waals surface area contributed by atoms with Gasteiger partial charge in [-0.3, -0.25) is 4.90 Å². The lowest BCUT2D eigenvalue weighted by molar-refractivity contribution is 0.284. The first kappa shape index (κ1) is 11.9. The Morgan fingerprint density at radius 2 is 2.19 bits per heavy atom. The van der Waals surface area contributed by atoms with Gasteiger partial charge in [-0.1, -0.05) is 35.8 Å². The SMILES string of the molecule is CC1(C)CCN(Cc2c(N)cccc2Br)C1. The third-order valence-corrected chi connectivity index (χ3v) is 4.04. The summed E-state index contributed by atoms with van der Waals surface area (Å²) in [5.74, 6) is 0. The van der Waals surface area contributed by atoms with Gasteiger partial charge >= 0.3 is 0 Å². The molecule has 0 aliphatic carbocycles. The number of rotatable bonds is 2. The molecule has 1 fully saturated rings. The van der Waals surface area contributed by atoms with Gasteiger partial charge < -0.3 is 5.73 Å². The van der Waals surface area contributed by atoms with E-state index in [1.54, 1.807) is 0 Å². The van der Waals surface area contributed by atoms with Gasteiger partial charge in [-0.25, -0.2) is 0 Å². The van der Waals surface area contributed by atoms with Crippen LogP contribution in [0, 0.1) is 5.41 Å². The van der Waals surface area contributed by atoms with E-state index in [-0.39, 0.29) is 0 Å². The number of nitrogen functional groups attached to an aromatic ring is 1. The van der Waals surface area contributed by atoms with Crippen LogP contribution in [-0.2, 0) is 6.54 Å². The average molecular weight is 283 g/mol. The highest BCUT2D eigenvalue weighted by atomic mass is 79.9. The van der Waals surface area contributed by atoms with Crippen LogP contribution in [0.3, 0.4) is 0 Å². The molecule has 0 bridgehead atoms. The Bertz CT molecular complexity index is 367. The zero-order valence-corrected chi connectivity index (χ0v) is 11.5. The number of halogens is 1. The minimum atomic E-state index is 0.454. The van der Waals surface area contributed by atoms with Crippen LogP contribution < -0.4 is 5.73 Å². The van der Waals surface area contributed by atoms with Crippen molar-refractivity contribution in [3.05, 3.63) is 28.2 Å². The Hall–Kier alpha value is -0.540. The number of likely N-dealkylation sites (tertiary alicyclic amines) is 1. The molecule has 1 heterocycles. The first-order valence-corrected chi connectivity index (χ1v) is 6.52. The second-order valence-corrected chi connectivity index (χ2v) is 6.29. The quantitative estimate of drug-likeness (QED) is 0.844. The molecule has 1 aliphatic heterocycles. The van der Waals surface area contributed by atoms with Crippen molar-refractivity contribution in [1.29, 1.82) is 0 Å². The van der Waals surface area contributed by atoms with Crippen LogP contribution in [-0.4, -0.2) is 18.0 Å². The lowest BCUT2D eigenvalue weighted by Crippen LogP contribution is -2.23. The number of nitrogens with zero attached hydrogens (tertiary/aromatic N) is 1. The second-order valence-electron chi connectivity index (χ2n) is 5.43. The molecule has 1 aromatic rings. The summed E-state index contributed by atoms with van der Waals surface area (Å²) < 4.78 is 1.12. The van der Waals surface area contributed by atoms with Gasteiger partial charge in [0.25, 0.3) is 0 Å². The second kappa shape index (κ2) is 4.38. The Morgan fingerprint density at radius 3 is 2.75 bits per heavy atom. The van der Waals surface area contributed by atoms with E-state index in [1.807, 2.05) is 12.1 Å². The topological polar surface area (TPSA) is 29.3 Å². The summed E-state index contributed by atoms with van der Waals surface area (Å²) >= 11 is 3.58. The molecular formula is C13H19BrN2. The summed E-state index contributed by atoms with van der Waals surface area (Å²) in [4.78, 5) is 2.48. The van der Waals surface area contributed by atoms with Gasteiger partial charge in [-0.15, -0.1) is 0 Å². The van der Waals surface area contributed by atoms with E-state index in [0.717, 1.165) is 23.2 Å². The Balaban J connectivity index is 2.11. The Morgan fingerprint density at radius 1 is 1.44 bits per heavy atom. The van der Waals surface area contributed by atoms with Crippen LogP contribution in [0.4, 0.5) is 5.69 Å². The number of nitrogens with two attached hydrogens (primary N) is 1. The summed E-state index contributed by atoms with van der Waals surface area (Å²) in [5.41, 5.74) is 8.58.